The summed E-state index contributed by atoms with van der Waals surface area (Å²) < 4.78 is 7.25. The zero-order chi connectivity index (χ0) is 23.4. The van der Waals surface area contributed by atoms with E-state index in [0.717, 1.165) is 14.5 Å². The summed E-state index contributed by atoms with van der Waals surface area (Å²) in [7, 11) is 0. The Morgan fingerprint density at radius 1 is 0.970 bits per heavy atom. The van der Waals surface area contributed by atoms with Crippen molar-refractivity contribution < 1.29 is 19.1 Å². The minimum Gasteiger partial charge on any atom is -0.425 e. The van der Waals surface area contributed by atoms with Crippen LogP contribution in [0.25, 0.3) is 0 Å². The van der Waals surface area contributed by atoms with Crippen LogP contribution in [0, 0.1) is 10.8 Å². The van der Waals surface area contributed by atoms with E-state index < -0.39 is 28.6 Å². The van der Waals surface area contributed by atoms with Gasteiger partial charge >= 0.3 is 5.97 Å². The molecule has 3 aromatic carbocycles. The number of halogens is 2. The van der Waals surface area contributed by atoms with Crippen molar-refractivity contribution in [3.8, 4) is 5.75 Å². The van der Waals surface area contributed by atoms with Crippen molar-refractivity contribution in [1.82, 2.24) is 5.32 Å². The van der Waals surface area contributed by atoms with Gasteiger partial charge in [-0.3, -0.25) is 14.4 Å². The Morgan fingerprint density at radius 2 is 1.64 bits per heavy atom. The first-order chi connectivity index (χ1) is 15.8. The van der Waals surface area contributed by atoms with Gasteiger partial charge in [-0.05, 0) is 42.8 Å². The number of hydrogen-bond donors (Lipinski definition) is 1. The molecule has 0 radical (unpaired) electrons. The van der Waals surface area contributed by atoms with Crippen molar-refractivity contribution in [2.45, 2.75) is 19.4 Å². The van der Waals surface area contributed by atoms with Gasteiger partial charge in [-0.2, -0.15) is 0 Å². The fourth-order valence-electron chi connectivity index (χ4n) is 5.10. The summed E-state index contributed by atoms with van der Waals surface area (Å²) in [6.07, 6.45) is 0. The monoisotopic (exact) mass is 567 g/mol. The highest BCUT2D eigenvalue weighted by Gasteiger charge is 2.88. The molecular weight excluding hydrogens is 550 g/mol. The molecule has 3 aromatic rings. The molecule has 1 amide bonds. The Kier molecular flexibility index (Phi) is 5.29. The molecule has 5 nitrogen and oxygen atoms in total. The molecule has 166 valence electrons. The zero-order valence-electron chi connectivity index (χ0n) is 17.6. The summed E-state index contributed by atoms with van der Waals surface area (Å²) in [5, 5.41) is 2.89. The molecule has 0 spiro atoms. The predicted molar refractivity (Wildman–Crippen MR) is 130 cm³/mol. The van der Waals surface area contributed by atoms with Crippen molar-refractivity contribution in [3.63, 3.8) is 0 Å². The van der Waals surface area contributed by atoms with E-state index in [9.17, 15) is 14.4 Å². The van der Waals surface area contributed by atoms with Crippen LogP contribution in [0.2, 0.25) is 0 Å². The fraction of sp³-hybridized carbons (Fsp3) is 0.192. The number of amides is 1. The molecule has 1 aliphatic carbocycles. The van der Waals surface area contributed by atoms with Gasteiger partial charge in [0.05, 0.1) is 5.41 Å². The van der Waals surface area contributed by atoms with Crippen molar-refractivity contribution in [1.29, 1.82) is 0 Å². The van der Waals surface area contributed by atoms with Gasteiger partial charge < -0.3 is 10.1 Å². The zero-order valence-corrected chi connectivity index (χ0v) is 20.8. The summed E-state index contributed by atoms with van der Waals surface area (Å²) in [6, 6.07) is 21.6. The molecule has 1 heterocycles. The lowest BCUT2D eigenvalue weighted by molar-refractivity contribution is -0.149. The number of rotatable bonds is 5. The molecular formula is C26H19Br2NO4. The SMILES string of the molecule is C[C@]1(C(=O)c2ccc(Br)cc2)[C@@H]2c3cc(Br)ccc3OC(=O)[C@]21C(=O)NCc1ccccc1. The van der Waals surface area contributed by atoms with Crippen LogP contribution in [0.5, 0.6) is 5.75 Å². The van der Waals surface area contributed by atoms with Crippen LogP contribution in [-0.2, 0) is 16.1 Å². The maximum absolute atomic E-state index is 13.8. The van der Waals surface area contributed by atoms with E-state index >= 15 is 0 Å². The first kappa shape index (κ1) is 22.0. The number of ether oxygens (including phenoxy) is 1. The van der Waals surface area contributed by atoms with Crippen LogP contribution in [0.3, 0.4) is 0 Å². The van der Waals surface area contributed by atoms with Gasteiger partial charge in [0.25, 0.3) is 0 Å². The van der Waals surface area contributed by atoms with Gasteiger partial charge in [0.2, 0.25) is 5.91 Å². The van der Waals surface area contributed by atoms with Crippen molar-refractivity contribution in [2.24, 2.45) is 10.8 Å². The minimum atomic E-state index is -1.64. The van der Waals surface area contributed by atoms with Crippen molar-refractivity contribution in [2.75, 3.05) is 0 Å². The van der Waals surface area contributed by atoms with E-state index in [1.54, 1.807) is 43.3 Å². The molecule has 0 bridgehead atoms. The quantitative estimate of drug-likeness (QED) is 0.193. The molecule has 1 N–H and O–H groups in total. The van der Waals surface area contributed by atoms with E-state index in [1.165, 1.54) is 0 Å². The highest BCUT2D eigenvalue weighted by molar-refractivity contribution is 9.10. The minimum absolute atomic E-state index is 0.245. The lowest BCUT2D eigenvalue weighted by Crippen LogP contribution is -2.45. The summed E-state index contributed by atoms with van der Waals surface area (Å²) >= 11 is 6.85. The van der Waals surface area contributed by atoms with Gasteiger partial charge in [-0.25, -0.2) is 0 Å². The highest BCUT2D eigenvalue weighted by Crippen LogP contribution is 2.78. The fourth-order valence-corrected chi connectivity index (χ4v) is 5.74. The second-order valence-corrected chi connectivity index (χ2v) is 10.4. The van der Waals surface area contributed by atoms with Crippen LogP contribution in [0.4, 0.5) is 0 Å². The Labute approximate surface area is 207 Å². The molecule has 0 saturated heterocycles. The van der Waals surface area contributed by atoms with Gasteiger partial charge in [0.15, 0.2) is 11.2 Å². The summed E-state index contributed by atoms with van der Waals surface area (Å²) in [6.45, 7) is 1.94. The number of ketones is 1. The first-order valence-electron chi connectivity index (χ1n) is 10.4. The smallest absolute Gasteiger partial charge is 0.328 e. The third kappa shape index (κ3) is 3.21. The van der Waals surface area contributed by atoms with E-state index in [2.05, 4.69) is 37.2 Å². The van der Waals surface area contributed by atoms with Crippen LogP contribution >= 0.6 is 31.9 Å². The predicted octanol–water partition coefficient (Wildman–Crippen LogP) is 5.42. The number of Topliss-reactive ketones (excluding diaryl/α,β-unsaturated/α-hetero) is 1. The summed E-state index contributed by atoms with van der Waals surface area (Å²) in [5.74, 6) is -1.71. The number of carbonyl (C=O) groups excluding carboxylic acids is 3. The standard InChI is InChI=1S/C26H19Br2NO4/c1-25(22(30)16-7-9-17(27)10-8-16)21-19-13-18(28)11-12-20(19)33-24(32)26(21,25)23(31)29-14-15-5-3-2-4-6-15/h2-13,21H,14H2,1H3,(H,29,31)/t21-,25+,26+/m0/s1. The molecule has 2 aliphatic rings. The van der Waals surface area contributed by atoms with Gasteiger partial charge in [-0.15, -0.1) is 0 Å². The maximum Gasteiger partial charge on any atom is 0.328 e. The molecule has 7 heteroatoms. The van der Waals surface area contributed by atoms with Gasteiger partial charge in [0, 0.05) is 32.5 Å². The molecule has 0 aromatic heterocycles. The normalized spacial score (nSPS) is 24.8. The maximum atomic E-state index is 13.8. The Hall–Kier alpha value is -2.77. The Balaban J connectivity index is 1.59. The number of hydrogen-bond acceptors (Lipinski definition) is 4. The number of esters is 1. The summed E-state index contributed by atoms with van der Waals surface area (Å²) in [4.78, 5) is 40.9. The van der Waals surface area contributed by atoms with Crippen LogP contribution in [0.15, 0.2) is 81.7 Å². The number of fused-ring (bicyclic) bond motifs is 3. The van der Waals surface area contributed by atoms with Crippen molar-refractivity contribution in [3.05, 3.63) is 98.4 Å². The lowest BCUT2D eigenvalue weighted by Gasteiger charge is -2.23. The topological polar surface area (TPSA) is 72.5 Å². The van der Waals surface area contributed by atoms with Crippen LogP contribution in [0.1, 0.15) is 34.3 Å². The third-order valence-electron chi connectivity index (χ3n) is 6.79. The number of carbonyl (C=O) groups is 3. The molecule has 1 aliphatic heterocycles. The molecule has 1 fully saturated rings. The molecule has 5 rings (SSSR count). The Bertz CT molecular complexity index is 1290. The van der Waals surface area contributed by atoms with Gasteiger partial charge in [0.1, 0.15) is 5.75 Å². The molecule has 3 atom stereocenters. The van der Waals surface area contributed by atoms with Crippen molar-refractivity contribution >= 4 is 49.5 Å². The van der Waals surface area contributed by atoms with Crippen LogP contribution < -0.4 is 10.1 Å². The molecule has 0 unspecified atom stereocenters. The second-order valence-electron chi connectivity index (χ2n) is 8.52. The van der Waals surface area contributed by atoms with E-state index in [1.807, 2.05) is 36.4 Å². The number of nitrogens with one attached hydrogen (secondary N) is 1. The van der Waals surface area contributed by atoms with Gasteiger partial charge in [-0.1, -0.05) is 74.3 Å². The Morgan fingerprint density at radius 3 is 2.33 bits per heavy atom. The largest absolute Gasteiger partial charge is 0.425 e. The van der Waals surface area contributed by atoms with Crippen LogP contribution in [-0.4, -0.2) is 17.7 Å². The lowest BCUT2D eigenvalue weighted by atomic mass is 9.86. The average Bonchev–Trinajstić information content (AvgIpc) is 3.42. The first-order valence-corrected chi connectivity index (χ1v) is 12.0. The highest BCUT2D eigenvalue weighted by atomic mass is 79.9. The van der Waals surface area contributed by atoms with E-state index in [4.69, 9.17) is 4.74 Å². The summed E-state index contributed by atoms with van der Waals surface area (Å²) in [5.41, 5.74) is -0.918. The van der Waals surface area contributed by atoms with E-state index in [0.29, 0.717) is 16.9 Å². The molecule has 1 saturated carbocycles. The number of benzene rings is 3. The third-order valence-corrected chi connectivity index (χ3v) is 7.81. The molecule has 33 heavy (non-hydrogen) atoms. The van der Waals surface area contributed by atoms with E-state index in [-0.39, 0.29) is 12.3 Å². The second kappa shape index (κ2) is 7.92. The average molecular weight is 569 g/mol.